The molecule has 2 aromatic rings. The van der Waals surface area contributed by atoms with Gasteiger partial charge in [-0.05, 0) is 41.7 Å². The van der Waals surface area contributed by atoms with E-state index in [1.54, 1.807) is 7.11 Å². The number of carbonyl (C=O) groups excluding carboxylic acids is 1. The Hall–Kier alpha value is -2.82. The standard InChI is InChI=1S/C21H23NO4/c1-3-17(15-8-10-16(26-2)11-9-15)20(23)22-13-12-14-6-4-5-7-18(14)19(22)21(24)25/h4-11,17,19H,3,12-13H2,1-2H3,(H,24,25). The Labute approximate surface area is 153 Å². The molecule has 0 radical (unpaired) electrons. The number of benzene rings is 2. The second-order valence-electron chi connectivity index (χ2n) is 6.46. The predicted octanol–water partition coefficient (Wildman–Crippen LogP) is 3.40. The Bertz CT molecular complexity index is 800. The molecule has 136 valence electrons. The van der Waals surface area contributed by atoms with E-state index < -0.39 is 12.0 Å². The van der Waals surface area contributed by atoms with Gasteiger partial charge in [0, 0.05) is 6.54 Å². The van der Waals surface area contributed by atoms with Crippen LogP contribution in [0.15, 0.2) is 48.5 Å². The molecule has 0 saturated heterocycles. The van der Waals surface area contributed by atoms with Crippen LogP contribution in [0.5, 0.6) is 5.75 Å². The highest BCUT2D eigenvalue weighted by Gasteiger charge is 2.38. The van der Waals surface area contributed by atoms with Gasteiger partial charge in [0.05, 0.1) is 13.0 Å². The predicted molar refractivity (Wildman–Crippen MR) is 98.3 cm³/mol. The van der Waals surface area contributed by atoms with Gasteiger partial charge in [-0.1, -0.05) is 43.3 Å². The number of aliphatic carboxylic acids is 1. The zero-order valence-corrected chi connectivity index (χ0v) is 15.0. The van der Waals surface area contributed by atoms with Crippen molar-refractivity contribution < 1.29 is 19.4 Å². The number of rotatable bonds is 5. The lowest BCUT2D eigenvalue weighted by Crippen LogP contribution is -2.45. The first-order valence-electron chi connectivity index (χ1n) is 8.81. The summed E-state index contributed by atoms with van der Waals surface area (Å²) in [7, 11) is 1.60. The van der Waals surface area contributed by atoms with Crippen molar-refractivity contribution in [3.63, 3.8) is 0 Å². The van der Waals surface area contributed by atoms with Gasteiger partial charge in [-0.15, -0.1) is 0 Å². The number of carbonyl (C=O) groups is 2. The summed E-state index contributed by atoms with van der Waals surface area (Å²) in [5.74, 6) is -0.769. The molecular formula is C21H23NO4. The number of methoxy groups -OCH3 is 1. The zero-order chi connectivity index (χ0) is 18.7. The average molecular weight is 353 g/mol. The van der Waals surface area contributed by atoms with Crippen LogP contribution in [0.25, 0.3) is 0 Å². The van der Waals surface area contributed by atoms with Crippen molar-refractivity contribution in [3.05, 3.63) is 65.2 Å². The summed E-state index contributed by atoms with van der Waals surface area (Å²) < 4.78 is 5.17. The molecule has 1 heterocycles. The van der Waals surface area contributed by atoms with Crippen molar-refractivity contribution in [2.45, 2.75) is 31.7 Å². The lowest BCUT2D eigenvalue weighted by Gasteiger charge is -2.36. The molecule has 3 rings (SSSR count). The molecule has 26 heavy (non-hydrogen) atoms. The first-order chi connectivity index (χ1) is 12.6. The molecule has 2 atom stereocenters. The fourth-order valence-electron chi connectivity index (χ4n) is 3.66. The molecule has 1 aliphatic heterocycles. The summed E-state index contributed by atoms with van der Waals surface area (Å²) in [5, 5.41) is 9.79. The van der Waals surface area contributed by atoms with Crippen molar-refractivity contribution in [2.75, 3.05) is 13.7 Å². The Morgan fingerprint density at radius 3 is 2.50 bits per heavy atom. The van der Waals surface area contributed by atoms with E-state index in [2.05, 4.69) is 0 Å². The van der Waals surface area contributed by atoms with Gasteiger partial charge < -0.3 is 14.7 Å². The van der Waals surface area contributed by atoms with Crippen molar-refractivity contribution in [2.24, 2.45) is 0 Å². The largest absolute Gasteiger partial charge is 0.497 e. The minimum Gasteiger partial charge on any atom is -0.497 e. The van der Waals surface area contributed by atoms with Crippen molar-refractivity contribution in [1.82, 2.24) is 4.90 Å². The van der Waals surface area contributed by atoms with Crippen molar-refractivity contribution in [3.8, 4) is 5.75 Å². The fraction of sp³-hybridized carbons (Fsp3) is 0.333. The van der Waals surface area contributed by atoms with Gasteiger partial charge in [-0.25, -0.2) is 4.79 Å². The fourth-order valence-corrected chi connectivity index (χ4v) is 3.66. The van der Waals surface area contributed by atoms with E-state index in [1.807, 2.05) is 55.5 Å². The molecule has 2 aromatic carbocycles. The molecule has 0 fully saturated rings. The monoisotopic (exact) mass is 353 g/mol. The van der Waals surface area contributed by atoms with Gasteiger partial charge in [-0.3, -0.25) is 4.79 Å². The second-order valence-corrected chi connectivity index (χ2v) is 6.46. The van der Waals surface area contributed by atoms with Gasteiger partial charge in [0.2, 0.25) is 5.91 Å². The third-order valence-electron chi connectivity index (χ3n) is 5.02. The van der Waals surface area contributed by atoms with Crippen LogP contribution in [-0.4, -0.2) is 35.5 Å². The number of hydrogen-bond acceptors (Lipinski definition) is 3. The van der Waals surface area contributed by atoms with Gasteiger partial charge in [-0.2, -0.15) is 0 Å². The van der Waals surface area contributed by atoms with Gasteiger partial charge in [0.25, 0.3) is 0 Å². The van der Waals surface area contributed by atoms with Crippen LogP contribution >= 0.6 is 0 Å². The molecule has 2 unspecified atom stereocenters. The van der Waals surface area contributed by atoms with Gasteiger partial charge in [0.15, 0.2) is 6.04 Å². The number of carboxylic acid groups (broad SMARTS) is 1. The Morgan fingerprint density at radius 2 is 1.88 bits per heavy atom. The summed E-state index contributed by atoms with van der Waals surface area (Å²) in [6.45, 7) is 2.36. The topological polar surface area (TPSA) is 66.8 Å². The van der Waals surface area contributed by atoms with Gasteiger partial charge in [0.1, 0.15) is 5.75 Å². The third-order valence-corrected chi connectivity index (χ3v) is 5.02. The lowest BCUT2D eigenvalue weighted by molar-refractivity contribution is -0.152. The smallest absolute Gasteiger partial charge is 0.331 e. The minimum atomic E-state index is -0.991. The van der Waals surface area contributed by atoms with Crippen LogP contribution in [-0.2, 0) is 16.0 Å². The molecule has 1 N–H and O–H groups in total. The SMILES string of the molecule is CCC(C(=O)N1CCc2ccccc2C1C(=O)O)c1ccc(OC)cc1. The van der Waals surface area contributed by atoms with E-state index in [-0.39, 0.29) is 11.8 Å². The zero-order valence-electron chi connectivity index (χ0n) is 15.0. The molecule has 1 aliphatic rings. The van der Waals surface area contributed by atoms with E-state index in [9.17, 15) is 14.7 Å². The molecular weight excluding hydrogens is 330 g/mol. The quantitative estimate of drug-likeness (QED) is 0.895. The first-order valence-corrected chi connectivity index (χ1v) is 8.81. The molecule has 0 saturated carbocycles. The average Bonchev–Trinajstić information content (AvgIpc) is 2.67. The molecule has 1 amide bonds. The lowest BCUT2D eigenvalue weighted by atomic mass is 9.89. The van der Waals surface area contributed by atoms with Crippen molar-refractivity contribution in [1.29, 1.82) is 0 Å². The maximum atomic E-state index is 13.2. The van der Waals surface area contributed by atoms with E-state index in [1.165, 1.54) is 4.90 Å². The molecule has 0 spiro atoms. The maximum absolute atomic E-state index is 13.2. The van der Waals surface area contributed by atoms with Crippen LogP contribution in [0.2, 0.25) is 0 Å². The molecule has 0 bridgehead atoms. The second kappa shape index (κ2) is 7.60. The van der Waals surface area contributed by atoms with Crippen LogP contribution in [0.3, 0.4) is 0 Å². The first kappa shape index (κ1) is 18.0. The number of ether oxygens (including phenoxy) is 1. The molecule has 0 aliphatic carbocycles. The van der Waals surface area contributed by atoms with Crippen molar-refractivity contribution >= 4 is 11.9 Å². The van der Waals surface area contributed by atoms with Gasteiger partial charge >= 0.3 is 5.97 Å². The highest BCUT2D eigenvalue weighted by atomic mass is 16.5. The van der Waals surface area contributed by atoms with Crippen LogP contribution in [0, 0.1) is 0 Å². The summed E-state index contributed by atoms with van der Waals surface area (Å²) in [6.07, 6.45) is 1.28. The van der Waals surface area contributed by atoms with E-state index >= 15 is 0 Å². The molecule has 5 nitrogen and oxygen atoms in total. The van der Waals surface area contributed by atoms with E-state index in [0.29, 0.717) is 24.9 Å². The maximum Gasteiger partial charge on any atom is 0.331 e. The number of carboxylic acids is 1. The number of amides is 1. The van der Waals surface area contributed by atoms with Crippen LogP contribution in [0.4, 0.5) is 0 Å². The third kappa shape index (κ3) is 3.29. The van der Waals surface area contributed by atoms with E-state index in [0.717, 1.165) is 16.9 Å². The number of hydrogen-bond donors (Lipinski definition) is 1. The highest BCUT2D eigenvalue weighted by molar-refractivity contribution is 5.89. The van der Waals surface area contributed by atoms with E-state index in [4.69, 9.17) is 4.74 Å². The summed E-state index contributed by atoms with van der Waals surface area (Å²) >= 11 is 0. The number of nitrogens with zero attached hydrogens (tertiary/aromatic N) is 1. The summed E-state index contributed by atoms with van der Waals surface area (Å²) in [4.78, 5) is 26.7. The molecule has 0 aromatic heterocycles. The number of fused-ring (bicyclic) bond motifs is 1. The Balaban J connectivity index is 1.92. The minimum absolute atomic E-state index is 0.139. The highest BCUT2D eigenvalue weighted by Crippen LogP contribution is 2.34. The summed E-state index contributed by atoms with van der Waals surface area (Å²) in [5.41, 5.74) is 2.59. The van der Waals surface area contributed by atoms with Crippen LogP contribution < -0.4 is 4.74 Å². The normalized spacial score (nSPS) is 17.3. The Kier molecular flexibility index (Phi) is 5.26. The Morgan fingerprint density at radius 1 is 1.19 bits per heavy atom. The van der Waals surface area contributed by atoms with Crippen LogP contribution in [0.1, 0.15) is 42.0 Å². The summed E-state index contributed by atoms with van der Waals surface area (Å²) in [6, 6.07) is 13.9. The molecule has 5 heteroatoms.